The highest BCUT2D eigenvalue weighted by Crippen LogP contribution is 2.28. The van der Waals surface area contributed by atoms with E-state index in [0.717, 1.165) is 5.56 Å². The van der Waals surface area contributed by atoms with Gasteiger partial charge < -0.3 is 0 Å². The largest absolute Gasteiger partial charge is 0.438 e. The fraction of sp³-hybridized carbons (Fsp3) is 0.273. The van der Waals surface area contributed by atoms with Crippen LogP contribution in [0.25, 0.3) is 0 Å². The van der Waals surface area contributed by atoms with Crippen LogP contribution in [-0.4, -0.2) is 10.1 Å². The minimum atomic E-state index is -0.592. The molecule has 0 aliphatic carbocycles. The lowest BCUT2D eigenvalue weighted by Gasteiger charge is -2.21. The Morgan fingerprint density at radius 3 is 2.44 bits per heavy atom. The van der Waals surface area contributed by atoms with Gasteiger partial charge >= 0.3 is 5.76 Å². The number of aromatic amines is 1. The Kier molecular flexibility index (Phi) is 2.38. The van der Waals surface area contributed by atoms with E-state index in [2.05, 4.69) is 14.7 Å². The molecule has 1 heterocycles. The molecule has 5 heteroatoms. The molecule has 84 valence electrons. The molecule has 0 aliphatic heterocycles. The third kappa shape index (κ3) is 1.76. The summed E-state index contributed by atoms with van der Waals surface area (Å²) in [6.45, 7) is 3.74. The molecule has 16 heavy (non-hydrogen) atoms. The second kappa shape index (κ2) is 3.59. The standard InChI is InChI=1S/C11H11FN2O2/c1-11(2,9-13-10(15)16-14-9)7-3-5-8(12)6-4-7/h3-6H,1-2H3,(H,13,14,15). The van der Waals surface area contributed by atoms with Crippen molar-refractivity contribution < 1.29 is 8.91 Å². The van der Waals surface area contributed by atoms with Crippen LogP contribution in [0.15, 0.2) is 33.6 Å². The van der Waals surface area contributed by atoms with E-state index in [1.165, 1.54) is 12.1 Å². The van der Waals surface area contributed by atoms with Crippen molar-refractivity contribution in [2.24, 2.45) is 0 Å². The third-order valence-corrected chi connectivity index (χ3v) is 2.60. The number of aromatic nitrogens is 2. The summed E-state index contributed by atoms with van der Waals surface area (Å²) in [6, 6.07) is 6.05. The van der Waals surface area contributed by atoms with Crippen molar-refractivity contribution in [1.82, 2.24) is 10.1 Å². The Hall–Kier alpha value is -1.91. The minimum absolute atomic E-state index is 0.298. The number of halogens is 1. The van der Waals surface area contributed by atoms with E-state index in [1.807, 2.05) is 13.8 Å². The predicted molar refractivity (Wildman–Crippen MR) is 55.7 cm³/mol. The van der Waals surface area contributed by atoms with Gasteiger partial charge in [-0.1, -0.05) is 17.3 Å². The summed E-state index contributed by atoms with van der Waals surface area (Å²) in [4.78, 5) is 13.4. The first-order valence-corrected chi connectivity index (χ1v) is 4.82. The fourth-order valence-electron chi connectivity index (χ4n) is 1.50. The fourth-order valence-corrected chi connectivity index (χ4v) is 1.50. The first-order chi connectivity index (χ1) is 7.50. The van der Waals surface area contributed by atoms with Crippen molar-refractivity contribution in [3.8, 4) is 0 Å². The zero-order valence-electron chi connectivity index (χ0n) is 8.95. The van der Waals surface area contributed by atoms with E-state index >= 15 is 0 Å². The van der Waals surface area contributed by atoms with Gasteiger partial charge in [0.25, 0.3) is 0 Å². The maximum atomic E-state index is 12.8. The van der Waals surface area contributed by atoms with Crippen molar-refractivity contribution in [2.45, 2.75) is 19.3 Å². The smallest absolute Gasteiger partial charge is 0.296 e. The first kappa shape index (κ1) is 10.6. The number of nitrogens with one attached hydrogen (secondary N) is 1. The van der Waals surface area contributed by atoms with Crippen LogP contribution in [0.5, 0.6) is 0 Å². The van der Waals surface area contributed by atoms with Crippen LogP contribution < -0.4 is 5.76 Å². The summed E-state index contributed by atoms with van der Waals surface area (Å²) in [7, 11) is 0. The molecule has 1 N–H and O–H groups in total. The van der Waals surface area contributed by atoms with Gasteiger partial charge in [-0.05, 0) is 31.5 Å². The molecular formula is C11H11FN2O2. The van der Waals surface area contributed by atoms with Crippen LogP contribution in [0.1, 0.15) is 25.2 Å². The number of H-pyrrole nitrogens is 1. The van der Waals surface area contributed by atoms with E-state index in [9.17, 15) is 9.18 Å². The molecule has 0 saturated heterocycles. The maximum Gasteiger partial charge on any atom is 0.438 e. The quantitative estimate of drug-likeness (QED) is 0.843. The van der Waals surface area contributed by atoms with E-state index in [1.54, 1.807) is 12.1 Å². The molecule has 0 atom stereocenters. The minimum Gasteiger partial charge on any atom is -0.296 e. The molecule has 0 saturated carbocycles. The number of benzene rings is 1. The molecule has 2 aromatic rings. The molecule has 2 rings (SSSR count). The Morgan fingerprint density at radius 1 is 1.31 bits per heavy atom. The lowest BCUT2D eigenvalue weighted by Crippen LogP contribution is -2.21. The average molecular weight is 222 g/mol. The van der Waals surface area contributed by atoms with E-state index in [4.69, 9.17) is 0 Å². The van der Waals surface area contributed by atoms with Gasteiger partial charge in [0.1, 0.15) is 5.82 Å². The first-order valence-electron chi connectivity index (χ1n) is 4.82. The Bertz CT molecular complexity index is 540. The molecule has 0 spiro atoms. The number of rotatable bonds is 2. The molecule has 1 aromatic carbocycles. The highest BCUT2D eigenvalue weighted by molar-refractivity contribution is 5.30. The topological polar surface area (TPSA) is 58.9 Å². The van der Waals surface area contributed by atoms with E-state index in [-0.39, 0.29) is 5.82 Å². The van der Waals surface area contributed by atoms with Crippen LogP contribution >= 0.6 is 0 Å². The van der Waals surface area contributed by atoms with Gasteiger partial charge in [0.2, 0.25) is 0 Å². The van der Waals surface area contributed by atoms with Crippen LogP contribution in [0.3, 0.4) is 0 Å². The lowest BCUT2D eigenvalue weighted by molar-refractivity contribution is 0.372. The summed E-state index contributed by atoms with van der Waals surface area (Å²) >= 11 is 0. The van der Waals surface area contributed by atoms with Gasteiger partial charge in [-0.3, -0.25) is 9.51 Å². The van der Waals surface area contributed by atoms with E-state index in [0.29, 0.717) is 5.82 Å². The van der Waals surface area contributed by atoms with Crippen molar-refractivity contribution in [3.63, 3.8) is 0 Å². The molecule has 0 fully saturated rings. The average Bonchev–Trinajstić information content (AvgIpc) is 2.66. The van der Waals surface area contributed by atoms with Crippen molar-refractivity contribution in [2.75, 3.05) is 0 Å². The summed E-state index contributed by atoms with van der Waals surface area (Å²) in [5, 5.41) is 3.65. The van der Waals surface area contributed by atoms with Gasteiger partial charge in [0.05, 0.1) is 5.41 Å². The Labute approximate surface area is 91.1 Å². The van der Waals surface area contributed by atoms with Crippen molar-refractivity contribution >= 4 is 0 Å². The molecule has 0 unspecified atom stereocenters. The van der Waals surface area contributed by atoms with Gasteiger partial charge in [-0.25, -0.2) is 9.18 Å². The third-order valence-electron chi connectivity index (χ3n) is 2.60. The number of nitrogens with zero attached hydrogens (tertiary/aromatic N) is 1. The van der Waals surface area contributed by atoms with Crippen LogP contribution in [0, 0.1) is 5.82 Å². The molecule has 1 aromatic heterocycles. The molecule has 0 aliphatic rings. The van der Waals surface area contributed by atoms with Crippen LogP contribution in [0.4, 0.5) is 4.39 Å². The summed E-state index contributed by atoms with van der Waals surface area (Å²) in [5.41, 5.74) is 0.318. The van der Waals surface area contributed by atoms with Crippen molar-refractivity contribution in [1.29, 1.82) is 0 Å². The molecule has 0 bridgehead atoms. The molecule has 0 radical (unpaired) electrons. The summed E-state index contributed by atoms with van der Waals surface area (Å²) in [6.07, 6.45) is 0. The van der Waals surface area contributed by atoms with Gasteiger partial charge in [-0.2, -0.15) is 0 Å². The van der Waals surface area contributed by atoms with Gasteiger partial charge in [-0.15, -0.1) is 0 Å². The molecule has 0 amide bonds. The predicted octanol–water partition coefficient (Wildman–Crippen LogP) is 1.83. The van der Waals surface area contributed by atoms with Crippen LogP contribution in [-0.2, 0) is 5.41 Å². The molecular weight excluding hydrogens is 211 g/mol. The SMILES string of the molecule is CC(C)(c1ccc(F)cc1)c1noc(=O)[nH]1. The zero-order valence-corrected chi connectivity index (χ0v) is 8.95. The Morgan fingerprint density at radius 2 is 1.94 bits per heavy atom. The summed E-state index contributed by atoms with van der Waals surface area (Å²) in [5.74, 6) is -0.470. The monoisotopic (exact) mass is 222 g/mol. The van der Waals surface area contributed by atoms with Crippen molar-refractivity contribution in [3.05, 3.63) is 52.0 Å². The second-order valence-corrected chi connectivity index (χ2v) is 4.08. The van der Waals surface area contributed by atoms with Gasteiger partial charge in [0, 0.05) is 0 Å². The zero-order chi connectivity index (χ0) is 11.8. The molecule has 4 nitrogen and oxygen atoms in total. The normalized spacial score (nSPS) is 11.7. The maximum absolute atomic E-state index is 12.8. The second-order valence-electron chi connectivity index (χ2n) is 4.08. The highest BCUT2D eigenvalue weighted by Gasteiger charge is 2.27. The number of hydrogen-bond donors (Lipinski definition) is 1. The number of hydrogen-bond acceptors (Lipinski definition) is 3. The lowest BCUT2D eigenvalue weighted by atomic mass is 9.84. The van der Waals surface area contributed by atoms with E-state index < -0.39 is 11.2 Å². The van der Waals surface area contributed by atoms with Gasteiger partial charge in [0.15, 0.2) is 5.82 Å². The highest BCUT2D eigenvalue weighted by atomic mass is 19.1. The van der Waals surface area contributed by atoms with Crippen LogP contribution in [0.2, 0.25) is 0 Å². The summed E-state index contributed by atoms with van der Waals surface area (Å²) < 4.78 is 17.3. The Balaban J connectivity index is 2.45.